The predicted octanol–water partition coefficient (Wildman–Crippen LogP) is 6.26. The number of benzene rings is 3. The molecule has 3 aromatic rings. The van der Waals surface area contributed by atoms with E-state index in [1.54, 1.807) is 24.3 Å². The van der Waals surface area contributed by atoms with Crippen LogP contribution in [0.2, 0.25) is 5.02 Å². The molecule has 6 nitrogen and oxygen atoms in total. The molecular weight excluding hydrogens is 484 g/mol. The van der Waals surface area contributed by atoms with E-state index >= 15 is 0 Å². The van der Waals surface area contributed by atoms with Crippen LogP contribution in [0.5, 0.6) is 11.5 Å². The summed E-state index contributed by atoms with van der Waals surface area (Å²) in [6.45, 7) is 4.24. The van der Waals surface area contributed by atoms with Crippen molar-refractivity contribution in [1.29, 1.82) is 0 Å². The molecule has 0 unspecified atom stereocenters. The summed E-state index contributed by atoms with van der Waals surface area (Å²) in [5.41, 5.74) is 2.92. The summed E-state index contributed by atoms with van der Waals surface area (Å²) in [4.78, 5) is 0.279. The average molecular weight is 511 g/mol. The number of hydrogen-bond donors (Lipinski definition) is 3. The van der Waals surface area contributed by atoms with Gasteiger partial charge >= 0.3 is 0 Å². The smallest absolute Gasteiger partial charge is 0.179 e. The second-order valence-electron chi connectivity index (χ2n) is 9.81. The Balaban J connectivity index is 1.56. The second-order valence-corrected chi connectivity index (χ2v) is 12.2. The molecule has 5 rings (SSSR count). The van der Waals surface area contributed by atoms with E-state index in [0.717, 1.165) is 5.56 Å². The molecular formula is C27H27ClN2O4S. The van der Waals surface area contributed by atoms with Gasteiger partial charge in [-0.1, -0.05) is 67.9 Å². The zero-order chi connectivity index (χ0) is 24.8. The number of sulfone groups is 1. The molecule has 3 aromatic carbocycles. The topological polar surface area (TPSA) is 87.7 Å². The zero-order valence-corrected chi connectivity index (χ0v) is 21.1. The van der Waals surface area contributed by atoms with E-state index in [4.69, 9.17) is 16.3 Å². The van der Waals surface area contributed by atoms with E-state index < -0.39 is 21.3 Å². The minimum atomic E-state index is -3.61. The van der Waals surface area contributed by atoms with Crippen molar-refractivity contribution in [3.05, 3.63) is 93.5 Å². The standard InChI is InChI=1S/C27H27ClN2O4S/c1-27(2)14-21-26(35(32,33)16-27)24(29-20-9-6-10-22(31)25(20)30-21)18-11-12-23(19(28)13-18)34-15-17-7-4-3-5-8-17/h3-13,24,29-31H,14-16H2,1-2H3/t24-/m1/s1. The van der Waals surface area contributed by atoms with Crippen LogP contribution in [-0.2, 0) is 16.4 Å². The van der Waals surface area contributed by atoms with Crippen molar-refractivity contribution in [3.8, 4) is 11.5 Å². The Bertz CT molecular complexity index is 1420. The summed E-state index contributed by atoms with van der Waals surface area (Å²) in [5, 5.41) is 17.5. The summed E-state index contributed by atoms with van der Waals surface area (Å²) in [6, 6.07) is 19.6. The van der Waals surface area contributed by atoms with E-state index in [0.29, 0.717) is 46.4 Å². The number of aromatic hydroxyl groups is 1. The van der Waals surface area contributed by atoms with Gasteiger partial charge in [-0.25, -0.2) is 8.42 Å². The first kappa shape index (κ1) is 23.6. The maximum atomic E-state index is 13.6. The first-order valence-corrected chi connectivity index (χ1v) is 13.4. The summed E-state index contributed by atoms with van der Waals surface area (Å²) >= 11 is 6.60. The largest absolute Gasteiger partial charge is 0.506 e. The Morgan fingerprint density at radius 3 is 2.60 bits per heavy atom. The molecule has 0 aromatic heterocycles. The molecule has 0 aliphatic carbocycles. The Kier molecular flexibility index (Phi) is 5.93. The van der Waals surface area contributed by atoms with E-state index in [1.807, 2.05) is 56.3 Å². The highest BCUT2D eigenvalue weighted by molar-refractivity contribution is 7.95. The van der Waals surface area contributed by atoms with Crippen LogP contribution < -0.4 is 15.4 Å². The highest BCUT2D eigenvalue weighted by Crippen LogP contribution is 2.48. The molecule has 8 heteroatoms. The van der Waals surface area contributed by atoms with Gasteiger partial charge in [0.05, 0.1) is 27.4 Å². The number of hydrogen-bond acceptors (Lipinski definition) is 6. The minimum Gasteiger partial charge on any atom is -0.506 e. The van der Waals surface area contributed by atoms with Gasteiger partial charge in [-0.2, -0.15) is 0 Å². The molecule has 2 aliphatic heterocycles. The van der Waals surface area contributed by atoms with E-state index in [1.165, 1.54) is 0 Å². The van der Waals surface area contributed by atoms with Crippen LogP contribution in [0, 0.1) is 5.41 Å². The van der Waals surface area contributed by atoms with Crippen LogP contribution in [0.15, 0.2) is 77.3 Å². The SMILES string of the molecule is CC1(C)CC2=C([C@@H](c3ccc(OCc4ccccc4)c(Cl)c3)Nc3cccc(O)c3N2)S(=O)(=O)C1. The first-order valence-electron chi connectivity index (χ1n) is 11.4. The Labute approximate surface area is 210 Å². The molecule has 0 radical (unpaired) electrons. The molecule has 0 saturated heterocycles. The van der Waals surface area contributed by atoms with Crippen molar-refractivity contribution in [3.63, 3.8) is 0 Å². The Morgan fingerprint density at radius 1 is 1.09 bits per heavy atom. The number of rotatable bonds is 4. The number of anilines is 2. The first-order chi connectivity index (χ1) is 16.6. The van der Waals surface area contributed by atoms with Crippen LogP contribution in [0.1, 0.15) is 37.4 Å². The van der Waals surface area contributed by atoms with Gasteiger partial charge in [-0.15, -0.1) is 0 Å². The van der Waals surface area contributed by atoms with Crippen LogP contribution in [0.3, 0.4) is 0 Å². The molecule has 35 heavy (non-hydrogen) atoms. The van der Waals surface area contributed by atoms with E-state index in [2.05, 4.69) is 10.6 Å². The van der Waals surface area contributed by atoms with Crippen LogP contribution in [0.25, 0.3) is 0 Å². The summed E-state index contributed by atoms with van der Waals surface area (Å²) in [5.74, 6) is 0.601. The molecule has 2 aliphatic rings. The van der Waals surface area contributed by atoms with Gasteiger partial charge in [0.25, 0.3) is 0 Å². The number of ether oxygens (including phenoxy) is 1. The van der Waals surface area contributed by atoms with Gasteiger partial charge in [-0.05, 0) is 47.2 Å². The lowest BCUT2D eigenvalue weighted by molar-refractivity contribution is 0.306. The third-order valence-electron chi connectivity index (χ3n) is 6.28. The normalized spacial score (nSPS) is 20.0. The average Bonchev–Trinajstić information content (AvgIpc) is 2.95. The van der Waals surface area contributed by atoms with Crippen molar-refractivity contribution in [2.24, 2.45) is 5.41 Å². The number of phenolic OH excluding ortho intramolecular Hbond substituents is 1. The predicted molar refractivity (Wildman–Crippen MR) is 140 cm³/mol. The van der Waals surface area contributed by atoms with Crippen LogP contribution in [-0.4, -0.2) is 19.3 Å². The lowest BCUT2D eigenvalue weighted by atomic mass is 9.88. The van der Waals surface area contributed by atoms with Crippen LogP contribution in [0.4, 0.5) is 11.4 Å². The lowest BCUT2D eigenvalue weighted by Crippen LogP contribution is -2.35. The van der Waals surface area contributed by atoms with Gasteiger partial charge in [-0.3, -0.25) is 0 Å². The zero-order valence-electron chi connectivity index (χ0n) is 19.5. The summed E-state index contributed by atoms with van der Waals surface area (Å²) in [6.07, 6.45) is 0.527. The molecule has 1 atom stereocenters. The number of nitrogens with one attached hydrogen (secondary N) is 2. The van der Waals surface area contributed by atoms with Crippen molar-refractivity contribution in [2.45, 2.75) is 32.9 Å². The van der Waals surface area contributed by atoms with E-state index in [9.17, 15) is 13.5 Å². The molecule has 3 N–H and O–H groups in total. The van der Waals surface area contributed by atoms with Crippen molar-refractivity contribution >= 4 is 32.8 Å². The number of allylic oxidation sites excluding steroid dienone is 1. The van der Waals surface area contributed by atoms with Gasteiger partial charge in [0.15, 0.2) is 9.84 Å². The van der Waals surface area contributed by atoms with Crippen molar-refractivity contribution < 1.29 is 18.3 Å². The number of para-hydroxylation sites is 1. The molecule has 0 amide bonds. The Morgan fingerprint density at radius 2 is 1.86 bits per heavy atom. The third-order valence-corrected chi connectivity index (χ3v) is 8.88. The fourth-order valence-corrected chi connectivity index (χ4v) is 7.39. The van der Waals surface area contributed by atoms with E-state index in [-0.39, 0.29) is 16.4 Å². The lowest BCUT2D eigenvalue weighted by Gasteiger charge is -2.34. The van der Waals surface area contributed by atoms with Gasteiger partial charge in [0, 0.05) is 5.70 Å². The fourth-order valence-electron chi connectivity index (χ4n) is 4.80. The fraction of sp³-hybridized carbons (Fsp3) is 0.259. The van der Waals surface area contributed by atoms with Crippen molar-refractivity contribution in [1.82, 2.24) is 0 Å². The summed E-state index contributed by atoms with van der Waals surface area (Å²) in [7, 11) is -3.61. The van der Waals surface area contributed by atoms with Gasteiger partial charge in [0.1, 0.15) is 23.8 Å². The highest BCUT2D eigenvalue weighted by atomic mass is 35.5. The molecule has 0 bridgehead atoms. The quantitative estimate of drug-likeness (QED) is 0.359. The maximum Gasteiger partial charge on any atom is 0.179 e. The maximum absolute atomic E-state index is 13.6. The minimum absolute atomic E-state index is 0.0347. The van der Waals surface area contributed by atoms with Gasteiger partial charge < -0.3 is 20.5 Å². The Hall–Kier alpha value is -3.16. The molecule has 0 saturated carbocycles. The molecule has 182 valence electrons. The highest BCUT2D eigenvalue weighted by Gasteiger charge is 2.43. The number of fused-ring (bicyclic) bond motifs is 1. The van der Waals surface area contributed by atoms with Crippen LogP contribution >= 0.6 is 11.6 Å². The molecule has 0 spiro atoms. The second kappa shape index (κ2) is 8.81. The molecule has 2 heterocycles. The molecule has 0 fully saturated rings. The summed E-state index contributed by atoms with van der Waals surface area (Å²) < 4.78 is 33.0. The third kappa shape index (κ3) is 4.70. The number of halogens is 1. The van der Waals surface area contributed by atoms with Gasteiger partial charge in [0.2, 0.25) is 0 Å². The van der Waals surface area contributed by atoms with Crippen molar-refractivity contribution in [2.75, 3.05) is 16.4 Å². The monoisotopic (exact) mass is 510 g/mol. The number of phenols is 1.